The third kappa shape index (κ3) is 5.52. The van der Waals surface area contributed by atoms with Gasteiger partial charge in [-0.3, -0.25) is 5.32 Å². The van der Waals surface area contributed by atoms with Crippen molar-refractivity contribution in [2.45, 2.75) is 43.1 Å². The fourth-order valence-corrected chi connectivity index (χ4v) is 4.35. The minimum Gasteiger partial charge on any atom is -0.496 e. The van der Waals surface area contributed by atoms with Crippen molar-refractivity contribution in [1.29, 1.82) is 0 Å². The van der Waals surface area contributed by atoms with Gasteiger partial charge in [-0.05, 0) is 58.0 Å². The Morgan fingerprint density at radius 1 is 0.935 bits per heavy atom. The molecule has 0 aliphatic heterocycles. The fourth-order valence-electron chi connectivity index (χ4n) is 3.11. The highest BCUT2D eigenvalue weighted by Crippen LogP contribution is 2.40. The average Bonchev–Trinajstić information content (AvgIpc) is 2.72. The number of rotatable bonds is 5. The number of carbonyl (C=O) groups is 1. The standard InChI is InChI=1S/C25H27NO4S/c1-17-13-15-18(16-14-17)31(28)22-12-8-11-21(29-5)23(22)19-9-6-7-10-20(19)26-24(27)30-25(2,3)4/h6-16H,1-5H3,(H,26,27). The first kappa shape index (κ1) is 22.6. The Balaban J connectivity index is 2.10. The van der Waals surface area contributed by atoms with E-state index in [0.29, 0.717) is 32.4 Å². The Kier molecular flexibility index (Phi) is 6.81. The molecule has 0 spiro atoms. The van der Waals surface area contributed by atoms with E-state index in [4.69, 9.17) is 9.47 Å². The topological polar surface area (TPSA) is 64.6 Å². The maximum atomic E-state index is 13.5. The molecule has 3 aromatic carbocycles. The predicted octanol–water partition coefficient (Wildman–Crippen LogP) is 6.18. The van der Waals surface area contributed by atoms with E-state index < -0.39 is 22.5 Å². The molecule has 1 atom stereocenters. The minimum atomic E-state index is -1.44. The van der Waals surface area contributed by atoms with E-state index in [1.807, 2.05) is 88.4 Å². The van der Waals surface area contributed by atoms with Crippen LogP contribution in [0.15, 0.2) is 76.5 Å². The highest BCUT2D eigenvalue weighted by atomic mass is 32.2. The number of amides is 1. The number of methoxy groups -OCH3 is 1. The van der Waals surface area contributed by atoms with E-state index in [0.717, 1.165) is 5.56 Å². The Bertz CT molecular complexity index is 1100. The van der Waals surface area contributed by atoms with Gasteiger partial charge in [0, 0.05) is 16.0 Å². The summed E-state index contributed by atoms with van der Waals surface area (Å²) in [5, 5.41) is 2.81. The van der Waals surface area contributed by atoms with Crippen LogP contribution in [0.1, 0.15) is 26.3 Å². The lowest BCUT2D eigenvalue weighted by Crippen LogP contribution is -2.27. The molecule has 0 saturated carbocycles. The molecule has 0 saturated heterocycles. The van der Waals surface area contributed by atoms with Crippen LogP contribution in [-0.2, 0) is 15.5 Å². The van der Waals surface area contributed by atoms with E-state index >= 15 is 0 Å². The highest BCUT2D eigenvalue weighted by Gasteiger charge is 2.22. The number of hydrogen-bond donors (Lipinski definition) is 1. The molecule has 3 rings (SSSR count). The molecule has 0 bridgehead atoms. The molecular weight excluding hydrogens is 410 g/mol. The van der Waals surface area contributed by atoms with Gasteiger partial charge in [-0.15, -0.1) is 0 Å². The number of para-hydroxylation sites is 1. The molecule has 1 N–H and O–H groups in total. The van der Waals surface area contributed by atoms with Gasteiger partial charge >= 0.3 is 6.09 Å². The molecule has 0 heterocycles. The summed E-state index contributed by atoms with van der Waals surface area (Å²) in [6.45, 7) is 7.41. The first-order chi connectivity index (χ1) is 14.7. The molecule has 0 fully saturated rings. The molecule has 5 nitrogen and oxygen atoms in total. The normalized spacial score (nSPS) is 12.2. The molecule has 0 aromatic heterocycles. The predicted molar refractivity (Wildman–Crippen MR) is 124 cm³/mol. The summed E-state index contributed by atoms with van der Waals surface area (Å²) in [5.74, 6) is 0.566. The van der Waals surface area contributed by atoms with Crippen LogP contribution in [0.4, 0.5) is 10.5 Å². The molecule has 3 aromatic rings. The summed E-state index contributed by atoms with van der Waals surface area (Å²) in [5.41, 5.74) is 2.38. The van der Waals surface area contributed by atoms with Gasteiger partial charge in [0.2, 0.25) is 0 Å². The van der Waals surface area contributed by atoms with Crippen LogP contribution in [0.5, 0.6) is 5.75 Å². The number of hydrogen-bond acceptors (Lipinski definition) is 4. The third-order valence-corrected chi connectivity index (χ3v) is 5.91. The van der Waals surface area contributed by atoms with Crippen LogP contribution >= 0.6 is 0 Å². The number of anilines is 1. The second-order valence-corrected chi connectivity index (χ2v) is 9.54. The lowest BCUT2D eigenvalue weighted by Gasteiger charge is -2.21. The van der Waals surface area contributed by atoms with Crippen LogP contribution in [0.25, 0.3) is 11.1 Å². The zero-order valence-corrected chi connectivity index (χ0v) is 19.2. The van der Waals surface area contributed by atoms with E-state index in [9.17, 15) is 9.00 Å². The van der Waals surface area contributed by atoms with Crippen molar-refractivity contribution in [2.24, 2.45) is 0 Å². The van der Waals surface area contributed by atoms with Crippen molar-refractivity contribution >= 4 is 22.6 Å². The number of carbonyl (C=O) groups excluding carboxylic acids is 1. The number of benzene rings is 3. The van der Waals surface area contributed by atoms with E-state index in [2.05, 4.69) is 5.32 Å². The molecule has 6 heteroatoms. The largest absolute Gasteiger partial charge is 0.496 e. The second kappa shape index (κ2) is 9.35. The summed E-state index contributed by atoms with van der Waals surface area (Å²) in [4.78, 5) is 13.7. The Morgan fingerprint density at radius 2 is 1.61 bits per heavy atom. The molecule has 162 valence electrons. The molecule has 0 aliphatic rings. The molecule has 31 heavy (non-hydrogen) atoms. The minimum absolute atomic E-state index is 0.545. The zero-order valence-electron chi connectivity index (χ0n) is 18.4. The maximum absolute atomic E-state index is 13.5. The van der Waals surface area contributed by atoms with Crippen molar-refractivity contribution in [3.63, 3.8) is 0 Å². The summed E-state index contributed by atoms with van der Waals surface area (Å²) in [6.07, 6.45) is -0.559. The number of ether oxygens (including phenoxy) is 2. The van der Waals surface area contributed by atoms with Crippen molar-refractivity contribution in [1.82, 2.24) is 0 Å². The molecule has 1 unspecified atom stereocenters. The Labute approximate surface area is 185 Å². The first-order valence-electron chi connectivity index (χ1n) is 9.94. The van der Waals surface area contributed by atoms with Crippen molar-refractivity contribution in [3.8, 4) is 16.9 Å². The van der Waals surface area contributed by atoms with Crippen LogP contribution in [0.3, 0.4) is 0 Å². The van der Waals surface area contributed by atoms with Crippen LogP contribution in [-0.4, -0.2) is 23.0 Å². The van der Waals surface area contributed by atoms with Crippen LogP contribution in [0.2, 0.25) is 0 Å². The SMILES string of the molecule is COc1cccc(S(=O)c2ccc(C)cc2)c1-c1ccccc1NC(=O)OC(C)(C)C. The van der Waals surface area contributed by atoms with Crippen molar-refractivity contribution in [2.75, 3.05) is 12.4 Å². The van der Waals surface area contributed by atoms with Gasteiger partial charge in [-0.2, -0.15) is 0 Å². The zero-order chi connectivity index (χ0) is 22.6. The van der Waals surface area contributed by atoms with Crippen molar-refractivity contribution < 1.29 is 18.5 Å². The van der Waals surface area contributed by atoms with Crippen LogP contribution < -0.4 is 10.1 Å². The lowest BCUT2D eigenvalue weighted by atomic mass is 10.0. The quantitative estimate of drug-likeness (QED) is 0.517. The van der Waals surface area contributed by atoms with Gasteiger partial charge in [-0.25, -0.2) is 9.00 Å². The van der Waals surface area contributed by atoms with Gasteiger partial charge in [-0.1, -0.05) is 42.0 Å². The van der Waals surface area contributed by atoms with Gasteiger partial charge < -0.3 is 9.47 Å². The summed E-state index contributed by atoms with van der Waals surface area (Å²) >= 11 is 0. The van der Waals surface area contributed by atoms with E-state index in [1.54, 1.807) is 13.2 Å². The number of nitrogens with one attached hydrogen (secondary N) is 1. The van der Waals surface area contributed by atoms with Gasteiger partial charge in [0.25, 0.3) is 0 Å². The monoisotopic (exact) mass is 437 g/mol. The lowest BCUT2D eigenvalue weighted by molar-refractivity contribution is 0.0636. The summed E-state index contributed by atoms with van der Waals surface area (Å²) in [7, 11) is 0.131. The average molecular weight is 438 g/mol. The smallest absolute Gasteiger partial charge is 0.412 e. The Morgan fingerprint density at radius 3 is 2.26 bits per heavy atom. The molecular formula is C25H27NO4S. The third-order valence-electron chi connectivity index (χ3n) is 4.47. The van der Waals surface area contributed by atoms with Gasteiger partial charge in [0.1, 0.15) is 11.4 Å². The van der Waals surface area contributed by atoms with E-state index in [1.165, 1.54) is 0 Å². The summed E-state index contributed by atoms with van der Waals surface area (Å²) in [6, 6.07) is 20.4. The fraction of sp³-hybridized carbons (Fsp3) is 0.240. The van der Waals surface area contributed by atoms with Crippen molar-refractivity contribution in [3.05, 3.63) is 72.3 Å². The molecule has 1 amide bonds. The second-order valence-electron chi connectivity index (χ2n) is 8.09. The van der Waals surface area contributed by atoms with Gasteiger partial charge in [0.15, 0.2) is 0 Å². The molecule has 0 radical (unpaired) electrons. The van der Waals surface area contributed by atoms with E-state index in [-0.39, 0.29) is 0 Å². The highest BCUT2D eigenvalue weighted by molar-refractivity contribution is 7.85. The number of aryl methyl sites for hydroxylation is 1. The Hall–Kier alpha value is -3.12. The first-order valence-corrected chi connectivity index (χ1v) is 11.1. The summed E-state index contributed by atoms with van der Waals surface area (Å²) < 4.78 is 24.5. The maximum Gasteiger partial charge on any atom is 0.412 e. The van der Waals surface area contributed by atoms with Gasteiger partial charge in [0.05, 0.1) is 28.5 Å². The molecule has 0 aliphatic carbocycles. The van der Waals surface area contributed by atoms with Crippen LogP contribution in [0, 0.1) is 6.92 Å².